The first-order chi connectivity index (χ1) is 10.4. The van der Waals surface area contributed by atoms with Gasteiger partial charge in [0.25, 0.3) is 0 Å². The molecule has 0 aliphatic rings. The molecule has 0 aliphatic heterocycles. The van der Waals surface area contributed by atoms with E-state index in [1.54, 1.807) is 14.2 Å². The van der Waals surface area contributed by atoms with Crippen LogP contribution in [-0.2, 0) is 11.2 Å². The molecule has 0 radical (unpaired) electrons. The molecule has 0 spiro atoms. The first kappa shape index (κ1) is 16.3. The Hall–Kier alpha value is -2.08. The summed E-state index contributed by atoms with van der Waals surface area (Å²) in [5, 5.41) is 3.48. The summed E-state index contributed by atoms with van der Waals surface area (Å²) in [6.45, 7) is 5.86. The second-order valence-electron chi connectivity index (χ2n) is 5.02. The van der Waals surface area contributed by atoms with Crippen LogP contribution in [0, 0.1) is 20.8 Å². The molecular formula is C16H20N2O3S. The van der Waals surface area contributed by atoms with Crippen molar-refractivity contribution >= 4 is 22.4 Å². The summed E-state index contributed by atoms with van der Waals surface area (Å²) in [5.74, 6) is 1.19. The lowest BCUT2D eigenvalue weighted by atomic mass is 10.0. The summed E-state index contributed by atoms with van der Waals surface area (Å²) in [6.07, 6.45) is 0.268. The monoisotopic (exact) mass is 320 g/mol. The van der Waals surface area contributed by atoms with Gasteiger partial charge in [-0.1, -0.05) is 0 Å². The number of benzene rings is 1. The van der Waals surface area contributed by atoms with Crippen LogP contribution >= 0.6 is 11.3 Å². The van der Waals surface area contributed by atoms with E-state index in [1.807, 2.05) is 32.9 Å². The molecule has 0 aliphatic carbocycles. The highest BCUT2D eigenvalue weighted by atomic mass is 32.1. The standard InChI is InChI=1S/C16H20N2O3S/c1-9-6-13(20-4)14(21-5)7-12(9)8-15(19)18-16-17-10(2)11(3)22-16/h6-7H,8H2,1-5H3,(H,17,18,19). The molecule has 1 N–H and O–H groups in total. The van der Waals surface area contributed by atoms with E-state index in [2.05, 4.69) is 10.3 Å². The zero-order valence-corrected chi connectivity index (χ0v) is 14.3. The Bertz CT molecular complexity index is 675. The number of nitrogens with one attached hydrogen (secondary N) is 1. The third-order valence-electron chi connectivity index (χ3n) is 3.47. The molecule has 1 heterocycles. The number of carbonyl (C=O) groups is 1. The molecular weight excluding hydrogens is 300 g/mol. The van der Waals surface area contributed by atoms with E-state index >= 15 is 0 Å². The quantitative estimate of drug-likeness (QED) is 0.918. The number of aromatic nitrogens is 1. The molecule has 5 nitrogen and oxygen atoms in total. The SMILES string of the molecule is COc1cc(C)c(CC(=O)Nc2nc(C)c(C)s2)cc1OC. The van der Waals surface area contributed by atoms with Crippen molar-refractivity contribution in [3.63, 3.8) is 0 Å². The zero-order valence-electron chi connectivity index (χ0n) is 13.4. The topological polar surface area (TPSA) is 60.5 Å². The van der Waals surface area contributed by atoms with Crippen molar-refractivity contribution in [1.29, 1.82) is 0 Å². The maximum atomic E-state index is 12.2. The normalized spacial score (nSPS) is 10.4. The number of amides is 1. The Labute approximate surface area is 134 Å². The second-order valence-corrected chi connectivity index (χ2v) is 6.22. The Morgan fingerprint density at radius 3 is 2.36 bits per heavy atom. The van der Waals surface area contributed by atoms with Crippen molar-refractivity contribution in [2.75, 3.05) is 19.5 Å². The van der Waals surface area contributed by atoms with E-state index in [4.69, 9.17) is 9.47 Å². The van der Waals surface area contributed by atoms with Gasteiger partial charge in [0.05, 0.1) is 26.3 Å². The number of carbonyl (C=O) groups excluding carboxylic acids is 1. The van der Waals surface area contributed by atoms with Crippen molar-refractivity contribution in [3.8, 4) is 11.5 Å². The van der Waals surface area contributed by atoms with E-state index in [1.165, 1.54) is 11.3 Å². The number of anilines is 1. The molecule has 118 valence electrons. The highest BCUT2D eigenvalue weighted by molar-refractivity contribution is 7.15. The molecule has 0 atom stereocenters. The molecule has 2 rings (SSSR count). The summed E-state index contributed by atoms with van der Waals surface area (Å²) >= 11 is 1.48. The Kier molecular flexibility index (Phi) is 5.03. The van der Waals surface area contributed by atoms with Crippen molar-refractivity contribution in [3.05, 3.63) is 33.8 Å². The van der Waals surface area contributed by atoms with Gasteiger partial charge in [0.15, 0.2) is 16.6 Å². The predicted octanol–water partition coefficient (Wildman–Crippen LogP) is 3.27. The van der Waals surface area contributed by atoms with Crippen LogP contribution in [0.4, 0.5) is 5.13 Å². The first-order valence-electron chi connectivity index (χ1n) is 6.90. The van der Waals surface area contributed by atoms with E-state index < -0.39 is 0 Å². The fraction of sp³-hybridized carbons (Fsp3) is 0.375. The first-order valence-corrected chi connectivity index (χ1v) is 7.71. The van der Waals surface area contributed by atoms with Crippen molar-refractivity contribution in [2.24, 2.45) is 0 Å². The third kappa shape index (κ3) is 3.57. The minimum absolute atomic E-state index is 0.0935. The number of nitrogens with zero attached hydrogens (tertiary/aromatic N) is 1. The summed E-state index contributed by atoms with van der Waals surface area (Å²) in [6, 6.07) is 3.71. The summed E-state index contributed by atoms with van der Waals surface area (Å²) in [5.41, 5.74) is 2.84. The number of rotatable bonds is 5. The van der Waals surface area contributed by atoms with E-state index in [9.17, 15) is 4.79 Å². The predicted molar refractivity (Wildman–Crippen MR) is 88.2 cm³/mol. The molecule has 0 fully saturated rings. The van der Waals surface area contributed by atoms with Gasteiger partial charge in [-0.05, 0) is 44.0 Å². The third-order valence-corrected chi connectivity index (χ3v) is 4.46. The molecule has 1 amide bonds. The highest BCUT2D eigenvalue weighted by Crippen LogP contribution is 2.30. The number of hydrogen-bond donors (Lipinski definition) is 1. The molecule has 1 aromatic heterocycles. The maximum Gasteiger partial charge on any atom is 0.230 e. The lowest BCUT2D eigenvalue weighted by Gasteiger charge is -2.12. The van der Waals surface area contributed by atoms with Crippen LogP contribution in [-0.4, -0.2) is 25.1 Å². The average Bonchev–Trinajstić information content (AvgIpc) is 2.78. The minimum Gasteiger partial charge on any atom is -0.493 e. The van der Waals surface area contributed by atoms with Crippen molar-refractivity contribution in [1.82, 2.24) is 4.98 Å². The van der Waals surface area contributed by atoms with E-state index in [-0.39, 0.29) is 12.3 Å². The van der Waals surface area contributed by atoms with Gasteiger partial charge in [-0.3, -0.25) is 4.79 Å². The van der Waals surface area contributed by atoms with Crippen LogP contribution in [0.15, 0.2) is 12.1 Å². The number of aryl methyl sites for hydroxylation is 3. The maximum absolute atomic E-state index is 12.2. The molecule has 0 bridgehead atoms. The van der Waals surface area contributed by atoms with Gasteiger partial charge in [-0.2, -0.15) is 0 Å². The van der Waals surface area contributed by atoms with Crippen LogP contribution in [0.25, 0.3) is 0 Å². The Balaban J connectivity index is 2.14. The highest BCUT2D eigenvalue weighted by Gasteiger charge is 2.13. The molecule has 22 heavy (non-hydrogen) atoms. The van der Waals surface area contributed by atoms with E-state index in [0.717, 1.165) is 21.7 Å². The fourth-order valence-corrected chi connectivity index (χ4v) is 2.91. The molecule has 2 aromatic rings. The van der Waals surface area contributed by atoms with Crippen LogP contribution in [0.2, 0.25) is 0 Å². The lowest BCUT2D eigenvalue weighted by Crippen LogP contribution is -2.15. The van der Waals surface area contributed by atoms with Crippen LogP contribution in [0.5, 0.6) is 11.5 Å². The molecule has 1 aromatic carbocycles. The van der Waals surface area contributed by atoms with Gasteiger partial charge >= 0.3 is 0 Å². The zero-order chi connectivity index (χ0) is 16.3. The smallest absolute Gasteiger partial charge is 0.230 e. The largest absolute Gasteiger partial charge is 0.493 e. The molecule has 0 unspecified atom stereocenters. The summed E-state index contributed by atoms with van der Waals surface area (Å²) in [7, 11) is 3.18. The van der Waals surface area contributed by atoms with Gasteiger partial charge < -0.3 is 14.8 Å². The number of ether oxygens (including phenoxy) is 2. The van der Waals surface area contributed by atoms with Crippen LogP contribution in [0.1, 0.15) is 21.7 Å². The molecule has 0 saturated heterocycles. The van der Waals surface area contributed by atoms with E-state index in [0.29, 0.717) is 16.6 Å². The number of methoxy groups -OCH3 is 2. The van der Waals surface area contributed by atoms with Gasteiger partial charge in [0.2, 0.25) is 5.91 Å². The number of thiazole rings is 1. The fourth-order valence-electron chi connectivity index (χ4n) is 2.08. The van der Waals surface area contributed by atoms with Crippen molar-refractivity contribution in [2.45, 2.75) is 27.2 Å². The minimum atomic E-state index is -0.0935. The van der Waals surface area contributed by atoms with Gasteiger partial charge in [-0.25, -0.2) is 4.98 Å². The number of hydrogen-bond acceptors (Lipinski definition) is 5. The summed E-state index contributed by atoms with van der Waals surface area (Å²) < 4.78 is 10.5. The Morgan fingerprint density at radius 2 is 1.82 bits per heavy atom. The average molecular weight is 320 g/mol. The van der Waals surface area contributed by atoms with Gasteiger partial charge in [0.1, 0.15) is 0 Å². The molecule has 0 saturated carbocycles. The van der Waals surface area contributed by atoms with Crippen LogP contribution in [0.3, 0.4) is 0 Å². The Morgan fingerprint density at radius 1 is 1.18 bits per heavy atom. The summed E-state index contributed by atoms with van der Waals surface area (Å²) in [4.78, 5) is 17.6. The molecule has 6 heteroatoms. The lowest BCUT2D eigenvalue weighted by molar-refractivity contribution is -0.115. The van der Waals surface area contributed by atoms with Gasteiger partial charge in [-0.15, -0.1) is 11.3 Å². The second kappa shape index (κ2) is 6.79. The van der Waals surface area contributed by atoms with Crippen molar-refractivity contribution < 1.29 is 14.3 Å². The van der Waals surface area contributed by atoms with Crippen LogP contribution < -0.4 is 14.8 Å². The van der Waals surface area contributed by atoms with Gasteiger partial charge in [0, 0.05) is 4.88 Å².